The molecule has 0 atom stereocenters. The molecule has 2 aromatic carbocycles. The van der Waals surface area contributed by atoms with Gasteiger partial charge in [-0.3, -0.25) is 9.59 Å². The number of carbonyl (C=O) groups is 2. The highest BCUT2D eigenvalue weighted by atomic mass is 35.5. The molecular weight excluding hydrogens is 460 g/mol. The molecule has 0 saturated carbocycles. The van der Waals surface area contributed by atoms with Crippen molar-refractivity contribution in [2.24, 2.45) is 5.92 Å². The predicted molar refractivity (Wildman–Crippen MR) is 143 cm³/mol. The lowest BCUT2D eigenvalue weighted by Gasteiger charge is -2.24. The van der Waals surface area contributed by atoms with Crippen LogP contribution in [0.2, 0.25) is 5.02 Å². The van der Waals surface area contributed by atoms with Crippen LogP contribution in [-0.2, 0) is 10.2 Å². The van der Waals surface area contributed by atoms with E-state index in [1.165, 1.54) is 0 Å². The number of nitrogens with one attached hydrogen (secondary N) is 1. The molecule has 2 amide bonds. The number of carbonyl (C=O) groups excluding carboxylic acids is 2. The summed E-state index contributed by atoms with van der Waals surface area (Å²) < 4.78 is 1.78. The number of nitrogens with zero attached hydrogens (tertiary/aromatic N) is 3. The Hall–Kier alpha value is -3.12. The Kier molecular flexibility index (Phi) is 8.06. The molecule has 0 aliphatic rings. The first-order valence-electron chi connectivity index (χ1n) is 11.9. The van der Waals surface area contributed by atoms with Gasteiger partial charge in [0.15, 0.2) is 0 Å². The molecule has 3 rings (SSSR count). The van der Waals surface area contributed by atoms with Crippen LogP contribution in [0.4, 0.5) is 5.82 Å². The van der Waals surface area contributed by atoms with Crippen LogP contribution in [0.5, 0.6) is 0 Å². The molecule has 1 heterocycles. The minimum atomic E-state index is -0.278. The van der Waals surface area contributed by atoms with E-state index in [-0.39, 0.29) is 29.7 Å². The van der Waals surface area contributed by atoms with E-state index in [2.05, 4.69) is 32.2 Å². The highest BCUT2D eigenvalue weighted by molar-refractivity contribution is 6.30. The lowest BCUT2D eigenvalue weighted by Crippen LogP contribution is -2.40. The first-order valence-corrected chi connectivity index (χ1v) is 12.3. The summed E-state index contributed by atoms with van der Waals surface area (Å²) in [6, 6.07) is 14.8. The Morgan fingerprint density at radius 1 is 1.06 bits per heavy atom. The van der Waals surface area contributed by atoms with Gasteiger partial charge in [-0.15, -0.1) is 0 Å². The second-order valence-corrected chi connectivity index (χ2v) is 10.9. The van der Waals surface area contributed by atoms with E-state index in [0.717, 1.165) is 22.5 Å². The van der Waals surface area contributed by atoms with E-state index in [0.29, 0.717) is 22.9 Å². The standard InChI is InChI=1S/C28H35ClN4O2/c1-18(2)16-32(27(35)21-9-11-22(29)12-10-21)17-26(34)30-25-15-24(28(5,6)7)31-33(25)23-13-8-19(3)14-20(23)4/h8-15,18H,16-17H2,1-7H3,(H,30,34). The zero-order valence-electron chi connectivity index (χ0n) is 21.6. The average molecular weight is 495 g/mol. The largest absolute Gasteiger partial charge is 0.329 e. The second kappa shape index (κ2) is 10.6. The van der Waals surface area contributed by atoms with Crippen molar-refractivity contribution in [2.75, 3.05) is 18.4 Å². The normalized spacial score (nSPS) is 11.6. The molecule has 0 unspecified atom stereocenters. The van der Waals surface area contributed by atoms with Crippen LogP contribution < -0.4 is 5.32 Å². The minimum absolute atomic E-state index is 0.0669. The topological polar surface area (TPSA) is 67.2 Å². The van der Waals surface area contributed by atoms with E-state index in [1.807, 2.05) is 45.9 Å². The first kappa shape index (κ1) is 26.5. The first-order chi connectivity index (χ1) is 16.3. The smallest absolute Gasteiger partial charge is 0.254 e. The van der Waals surface area contributed by atoms with Crippen LogP contribution in [0.25, 0.3) is 5.69 Å². The van der Waals surface area contributed by atoms with Gasteiger partial charge in [-0.25, -0.2) is 4.68 Å². The molecule has 0 aliphatic carbocycles. The summed E-state index contributed by atoms with van der Waals surface area (Å²) in [7, 11) is 0. The van der Waals surface area contributed by atoms with Crippen molar-refractivity contribution < 1.29 is 9.59 Å². The molecule has 0 spiro atoms. The average Bonchev–Trinajstić information content (AvgIpc) is 3.17. The monoisotopic (exact) mass is 494 g/mol. The van der Waals surface area contributed by atoms with Gasteiger partial charge < -0.3 is 10.2 Å². The summed E-state index contributed by atoms with van der Waals surface area (Å²) in [4.78, 5) is 27.9. The third kappa shape index (κ3) is 6.73. The van der Waals surface area contributed by atoms with E-state index in [1.54, 1.807) is 33.8 Å². The molecular formula is C28H35ClN4O2. The maximum atomic E-state index is 13.2. The van der Waals surface area contributed by atoms with Crippen molar-refractivity contribution in [3.05, 3.63) is 75.9 Å². The van der Waals surface area contributed by atoms with Crippen LogP contribution in [0.1, 0.15) is 61.8 Å². The molecule has 0 bridgehead atoms. The second-order valence-electron chi connectivity index (χ2n) is 10.5. The van der Waals surface area contributed by atoms with Gasteiger partial charge in [0.05, 0.1) is 11.4 Å². The SMILES string of the molecule is Cc1ccc(-n2nc(C(C)(C)C)cc2NC(=O)CN(CC(C)C)C(=O)c2ccc(Cl)cc2)c(C)c1. The van der Waals surface area contributed by atoms with E-state index >= 15 is 0 Å². The minimum Gasteiger partial charge on any atom is -0.329 e. The molecule has 0 aliphatic heterocycles. The quantitative estimate of drug-likeness (QED) is 0.426. The molecule has 7 heteroatoms. The van der Waals surface area contributed by atoms with Crippen molar-refractivity contribution in [2.45, 2.75) is 53.9 Å². The number of halogens is 1. The fourth-order valence-electron chi connectivity index (χ4n) is 3.85. The molecule has 35 heavy (non-hydrogen) atoms. The third-order valence-corrected chi connectivity index (χ3v) is 5.88. The fourth-order valence-corrected chi connectivity index (χ4v) is 3.98. The zero-order valence-corrected chi connectivity index (χ0v) is 22.4. The lowest BCUT2D eigenvalue weighted by molar-refractivity contribution is -0.117. The molecule has 186 valence electrons. The molecule has 1 N–H and O–H groups in total. The highest BCUT2D eigenvalue weighted by Gasteiger charge is 2.24. The zero-order chi connectivity index (χ0) is 25.9. The number of amides is 2. The van der Waals surface area contributed by atoms with Crippen LogP contribution in [0.15, 0.2) is 48.5 Å². The van der Waals surface area contributed by atoms with Crippen LogP contribution in [-0.4, -0.2) is 39.6 Å². The molecule has 3 aromatic rings. The Morgan fingerprint density at radius 2 is 1.71 bits per heavy atom. The molecule has 0 saturated heterocycles. The number of rotatable bonds is 7. The van der Waals surface area contributed by atoms with Gasteiger partial charge in [0.25, 0.3) is 5.91 Å². The highest BCUT2D eigenvalue weighted by Crippen LogP contribution is 2.28. The Bertz CT molecular complexity index is 1210. The van der Waals surface area contributed by atoms with E-state index < -0.39 is 0 Å². The van der Waals surface area contributed by atoms with Gasteiger partial charge in [-0.2, -0.15) is 5.10 Å². The molecule has 0 fully saturated rings. The summed E-state index contributed by atoms with van der Waals surface area (Å²) in [5.74, 6) is 0.297. The predicted octanol–water partition coefficient (Wildman–Crippen LogP) is 6.18. The van der Waals surface area contributed by atoms with Crippen molar-refractivity contribution in [3.8, 4) is 5.69 Å². The van der Waals surface area contributed by atoms with Crippen molar-refractivity contribution >= 4 is 29.2 Å². The van der Waals surface area contributed by atoms with Gasteiger partial charge in [-0.1, -0.05) is 63.9 Å². The number of anilines is 1. The number of hydrogen-bond donors (Lipinski definition) is 1. The van der Waals surface area contributed by atoms with Gasteiger partial charge in [0, 0.05) is 28.6 Å². The number of aryl methyl sites for hydroxylation is 2. The van der Waals surface area contributed by atoms with Crippen molar-refractivity contribution in [1.82, 2.24) is 14.7 Å². The van der Waals surface area contributed by atoms with Gasteiger partial charge in [0.2, 0.25) is 5.91 Å². The van der Waals surface area contributed by atoms with Gasteiger partial charge >= 0.3 is 0 Å². The Morgan fingerprint density at radius 3 is 2.29 bits per heavy atom. The summed E-state index contributed by atoms with van der Waals surface area (Å²) in [6.45, 7) is 14.8. The lowest BCUT2D eigenvalue weighted by atomic mass is 9.92. The Labute approximate surface area is 213 Å². The third-order valence-electron chi connectivity index (χ3n) is 5.62. The number of aromatic nitrogens is 2. The van der Waals surface area contributed by atoms with Crippen LogP contribution in [0.3, 0.4) is 0 Å². The van der Waals surface area contributed by atoms with Crippen molar-refractivity contribution in [3.63, 3.8) is 0 Å². The van der Waals surface area contributed by atoms with Gasteiger partial charge in [-0.05, 0) is 55.7 Å². The van der Waals surface area contributed by atoms with Crippen LogP contribution in [0, 0.1) is 19.8 Å². The Balaban J connectivity index is 1.90. The molecule has 1 aromatic heterocycles. The molecule has 0 radical (unpaired) electrons. The summed E-state index contributed by atoms with van der Waals surface area (Å²) in [6.07, 6.45) is 0. The maximum absolute atomic E-state index is 13.2. The number of hydrogen-bond acceptors (Lipinski definition) is 3. The fraction of sp³-hybridized carbons (Fsp3) is 0.393. The van der Waals surface area contributed by atoms with Crippen molar-refractivity contribution in [1.29, 1.82) is 0 Å². The summed E-state index contributed by atoms with van der Waals surface area (Å²) in [5, 5.41) is 8.39. The molecule has 6 nitrogen and oxygen atoms in total. The maximum Gasteiger partial charge on any atom is 0.254 e. The summed E-state index contributed by atoms with van der Waals surface area (Å²) >= 11 is 5.98. The van der Waals surface area contributed by atoms with E-state index in [9.17, 15) is 9.59 Å². The van der Waals surface area contributed by atoms with Gasteiger partial charge in [0.1, 0.15) is 12.4 Å². The summed E-state index contributed by atoms with van der Waals surface area (Å²) in [5.41, 5.74) is 4.28. The van der Waals surface area contributed by atoms with Crippen LogP contribution >= 0.6 is 11.6 Å². The number of benzene rings is 2. The van der Waals surface area contributed by atoms with E-state index in [4.69, 9.17) is 16.7 Å².